The van der Waals surface area contributed by atoms with E-state index in [1.165, 1.54) is 31.0 Å². The molecule has 20 heavy (non-hydrogen) atoms. The highest BCUT2D eigenvalue weighted by atomic mass is 35.5. The number of hydrogen-bond acceptors (Lipinski definition) is 3. The van der Waals surface area contributed by atoms with Crippen LogP contribution in [-0.4, -0.2) is 22.2 Å². The fourth-order valence-electron chi connectivity index (χ4n) is 2.50. The summed E-state index contributed by atoms with van der Waals surface area (Å²) in [5.41, 5.74) is 0. The fourth-order valence-corrected chi connectivity index (χ4v) is 3.41. The number of carbonyl (C=O) groups is 1. The van der Waals surface area contributed by atoms with Gasteiger partial charge in [0.2, 0.25) is 5.91 Å². The van der Waals surface area contributed by atoms with Crippen LogP contribution < -0.4 is 5.32 Å². The van der Waals surface area contributed by atoms with Crippen molar-refractivity contribution in [3.63, 3.8) is 0 Å². The molecule has 3 unspecified atom stereocenters. The van der Waals surface area contributed by atoms with Crippen molar-refractivity contribution in [2.24, 2.45) is 5.92 Å². The number of carbonyl (C=O) groups excluding carboxylic acids is 1. The van der Waals surface area contributed by atoms with Crippen molar-refractivity contribution in [3.05, 3.63) is 23.4 Å². The van der Waals surface area contributed by atoms with Gasteiger partial charge in [-0.05, 0) is 37.8 Å². The Hall–Kier alpha value is -0.740. The molecule has 3 atom stereocenters. The third kappa shape index (κ3) is 4.38. The maximum Gasteiger partial charge on any atom is 0.233 e. The lowest BCUT2D eigenvalue weighted by atomic mass is 9.86. The van der Waals surface area contributed by atoms with Crippen molar-refractivity contribution in [2.45, 2.75) is 55.8 Å². The Morgan fingerprint density at radius 1 is 1.45 bits per heavy atom. The van der Waals surface area contributed by atoms with Crippen LogP contribution >= 0.6 is 23.4 Å². The van der Waals surface area contributed by atoms with Crippen molar-refractivity contribution in [1.82, 2.24) is 10.3 Å². The topological polar surface area (TPSA) is 42.0 Å². The molecule has 0 radical (unpaired) electrons. The predicted molar refractivity (Wildman–Crippen MR) is 84.1 cm³/mol. The molecule has 0 bridgehead atoms. The summed E-state index contributed by atoms with van der Waals surface area (Å²) in [7, 11) is 0. The first kappa shape index (κ1) is 15.6. The number of halogens is 1. The number of hydrogen-bond donors (Lipinski definition) is 1. The Morgan fingerprint density at radius 2 is 2.20 bits per heavy atom. The third-order valence-electron chi connectivity index (χ3n) is 3.81. The van der Waals surface area contributed by atoms with Gasteiger partial charge < -0.3 is 5.32 Å². The van der Waals surface area contributed by atoms with Gasteiger partial charge in [-0.25, -0.2) is 4.98 Å². The molecule has 1 aliphatic rings. The number of thioether (sulfide) groups is 1. The van der Waals surface area contributed by atoms with Crippen molar-refractivity contribution in [2.75, 3.05) is 0 Å². The van der Waals surface area contributed by atoms with E-state index in [9.17, 15) is 4.79 Å². The number of aromatic nitrogens is 1. The molecular formula is C15H21ClN2OS. The van der Waals surface area contributed by atoms with Crippen LogP contribution in [0.2, 0.25) is 5.02 Å². The van der Waals surface area contributed by atoms with Crippen LogP contribution in [0.5, 0.6) is 0 Å². The Balaban J connectivity index is 1.86. The first-order valence-electron chi connectivity index (χ1n) is 7.15. The molecule has 1 saturated carbocycles. The summed E-state index contributed by atoms with van der Waals surface area (Å²) in [5, 5.41) is 4.49. The first-order valence-corrected chi connectivity index (χ1v) is 8.40. The molecule has 1 aromatic rings. The summed E-state index contributed by atoms with van der Waals surface area (Å²) >= 11 is 7.27. The second-order valence-corrected chi connectivity index (χ2v) is 7.25. The van der Waals surface area contributed by atoms with E-state index in [0.29, 0.717) is 17.0 Å². The van der Waals surface area contributed by atoms with Gasteiger partial charge in [0.1, 0.15) is 0 Å². The number of nitrogens with zero attached hydrogens (tertiary/aromatic N) is 1. The van der Waals surface area contributed by atoms with Crippen LogP contribution in [0.3, 0.4) is 0 Å². The number of pyridine rings is 1. The fraction of sp³-hybridized carbons (Fsp3) is 0.600. The van der Waals surface area contributed by atoms with Gasteiger partial charge in [-0.15, -0.1) is 0 Å². The van der Waals surface area contributed by atoms with Gasteiger partial charge in [-0.3, -0.25) is 4.79 Å². The molecule has 0 saturated heterocycles. The molecule has 2 rings (SSSR count). The molecule has 1 aliphatic carbocycles. The standard InChI is InChI=1S/C15H21ClN2OS/c1-10-5-3-4-6-13(10)18-15(19)11(2)20-14-8-7-12(16)9-17-14/h7-11,13H,3-6H2,1-2H3,(H,18,19). The molecule has 1 aromatic heterocycles. The molecule has 0 aliphatic heterocycles. The molecule has 110 valence electrons. The molecule has 5 heteroatoms. The molecule has 0 spiro atoms. The second kappa shape index (κ2) is 7.32. The van der Waals surface area contributed by atoms with Gasteiger partial charge in [0.15, 0.2) is 0 Å². The summed E-state index contributed by atoms with van der Waals surface area (Å²) in [4.78, 5) is 16.5. The number of amides is 1. The summed E-state index contributed by atoms with van der Waals surface area (Å²) in [5.74, 6) is 0.684. The Kier molecular flexibility index (Phi) is 5.73. The Labute approximate surface area is 129 Å². The lowest BCUT2D eigenvalue weighted by molar-refractivity contribution is -0.121. The highest BCUT2D eigenvalue weighted by Gasteiger charge is 2.25. The maximum absolute atomic E-state index is 12.2. The van der Waals surface area contributed by atoms with E-state index in [1.54, 1.807) is 12.3 Å². The van der Waals surface area contributed by atoms with Crippen LogP contribution in [0.4, 0.5) is 0 Å². The average Bonchev–Trinajstić information content (AvgIpc) is 2.44. The van der Waals surface area contributed by atoms with Gasteiger partial charge in [0.25, 0.3) is 0 Å². The van der Waals surface area contributed by atoms with Crippen molar-refractivity contribution >= 4 is 29.3 Å². The van der Waals surface area contributed by atoms with Crippen LogP contribution in [0.25, 0.3) is 0 Å². The quantitative estimate of drug-likeness (QED) is 0.857. The molecule has 3 nitrogen and oxygen atoms in total. The van der Waals surface area contributed by atoms with Crippen LogP contribution in [-0.2, 0) is 4.79 Å². The zero-order valence-corrected chi connectivity index (χ0v) is 13.5. The Bertz CT molecular complexity index is 452. The summed E-state index contributed by atoms with van der Waals surface area (Å²) in [6, 6.07) is 3.97. The normalized spacial score (nSPS) is 24.1. The largest absolute Gasteiger partial charge is 0.352 e. The van der Waals surface area contributed by atoms with E-state index in [4.69, 9.17) is 11.6 Å². The van der Waals surface area contributed by atoms with Crippen molar-refractivity contribution in [1.29, 1.82) is 0 Å². The van der Waals surface area contributed by atoms with E-state index in [1.807, 2.05) is 13.0 Å². The van der Waals surface area contributed by atoms with Crippen molar-refractivity contribution < 1.29 is 4.79 Å². The zero-order chi connectivity index (χ0) is 14.5. The summed E-state index contributed by atoms with van der Waals surface area (Å²) in [6.07, 6.45) is 6.43. The van der Waals surface area contributed by atoms with E-state index in [2.05, 4.69) is 17.2 Å². The van der Waals surface area contributed by atoms with Gasteiger partial charge in [-0.1, -0.05) is 43.1 Å². The van der Waals surface area contributed by atoms with Crippen LogP contribution in [0, 0.1) is 5.92 Å². The van der Waals surface area contributed by atoms with Gasteiger partial charge in [0.05, 0.1) is 15.3 Å². The molecule has 1 amide bonds. The summed E-state index contributed by atoms with van der Waals surface area (Å²) in [6.45, 7) is 4.15. The second-order valence-electron chi connectivity index (χ2n) is 5.45. The predicted octanol–water partition coefficient (Wildman–Crippen LogP) is 3.91. The minimum atomic E-state index is -0.141. The lowest BCUT2D eigenvalue weighted by Gasteiger charge is -2.30. The highest BCUT2D eigenvalue weighted by molar-refractivity contribution is 8.00. The van der Waals surface area contributed by atoms with E-state index in [0.717, 1.165) is 11.4 Å². The minimum absolute atomic E-state index is 0.102. The van der Waals surface area contributed by atoms with E-state index < -0.39 is 0 Å². The first-order chi connectivity index (χ1) is 9.56. The smallest absolute Gasteiger partial charge is 0.233 e. The van der Waals surface area contributed by atoms with Crippen molar-refractivity contribution in [3.8, 4) is 0 Å². The van der Waals surface area contributed by atoms with E-state index in [-0.39, 0.29) is 11.2 Å². The van der Waals surface area contributed by atoms with Crippen LogP contribution in [0.15, 0.2) is 23.4 Å². The van der Waals surface area contributed by atoms with E-state index >= 15 is 0 Å². The molecule has 1 heterocycles. The monoisotopic (exact) mass is 312 g/mol. The number of rotatable bonds is 4. The summed E-state index contributed by atoms with van der Waals surface area (Å²) < 4.78 is 0. The third-order valence-corrected chi connectivity index (χ3v) is 5.08. The zero-order valence-electron chi connectivity index (χ0n) is 11.9. The van der Waals surface area contributed by atoms with Gasteiger partial charge in [-0.2, -0.15) is 0 Å². The molecule has 1 fully saturated rings. The molecule has 1 N–H and O–H groups in total. The van der Waals surface area contributed by atoms with Gasteiger partial charge >= 0.3 is 0 Å². The lowest BCUT2D eigenvalue weighted by Crippen LogP contribution is -2.44. The minimum Gasteiger partial charge on any atom is -0.352 e. The average molecular weight is 313 g/mol. The maximum atomic E-state index is 12.2. The number of nitrogens with one attached hydrogen (secondary N) is 1. The molecular weight excluding hydrogens is 292 g/mol. The molecule has 0 aromatic carbocycles. The van der Waals surface area contributed by atoms with Crippen LogP contribution in [0.1, 0.15) is 39.5 Å². The highest BCUT2D eigenvalue weighted by Crippen LogP contribution is 2.26. The SMILES string of the molecule is CC(Sc1ccc(Cl)cn1)C(=O)NC1CCCCC1C. The Morgan fingerprint density at radius 3 is 2.85 bits per heavy atom. The van der Waals surface area contributed by atoms with Gasteiger partial charge in [0, 0.05) is 12.2 Å².